The monoisotopic (exact) mass is 226 g/mol. The zero-order valence-electron chi connectivity index (χ0n) is 9.29. The molecule has 0 amide bonds. The lowest BCUT2D eigenvalue weighted by molar-refractivity contribution is 0.101. The first kappa shape index (κ1) is 11.9. The molecule has 3 nitrogen and oxygen atoms in total. The van der Waals surface area contributed by atoms with Crippen LogP contribution in [-0.4, -0.2) is 26.3 Å². The number of ketones is 1. The Kier molecular flexibility index (Phi) is 4.03. The lowest BCUT2D eigenvalue weighted by atomic mass is 10.1. The van der Waals surface area contributed by atoms with Crippen molar-refractivity contribution in [1.82, 2.24) is 0 Å². The highest BCUT2D eigenvalue weighted by molar-refractivity contribution is 7.98. The van der Waals surface area contributed by atoms with Gasteiger partial charge in [-0.1, -0.05) is 0 Å². The zero-order valence-corrected chi connectivity index (χ0v) is 10.1. The molecular formula is C11H14O3S. The van der Waals surface area contributed by atoms with Crippen molar-refractivity contribution < 1.29 is 14.3 Å². The summed E-state index contributed by atoms with van der Waals surface area (Å²) in [7, 11) is 3.14. The van der Waals surface area contributed by atoms with E-state index in [4.69, 9.17) is 9.47 Å². The molecule has 0 bridgehead atoms. The Balaban J connectivity index is 3.34. The van der Waals surface area contributed by atoms with E-state index in [1.807, 2.05) is 12.3 Å². The van der Waals surface area contributed by atoms with E-state index < -0.39 is 0 Å². The summed E-state index contributed by atoms with van der Waals surface area (Å²) in [5, 5.41) is 0. The molecule has 0 saturated heterocycles. The Morgan fingerprint density at radius 2 is 1.80 bits per heavy atom. The fourth-order valence-electron chi connectivity index (χ4n) is 1.30. The van der Waals surface area contributed by atoms with E-state index in [1.165, 1.54) is 6.92 Å². The van der Waals surface area contributed by atoms with E-state index in [0.717, 1.165) is 4.90 Å². The average Bonchev–Trinajstić information content (AvgIpc) is 2.26. The highest BCUT2D eigenvalue weighted by atomic mass is 32.2. The molecular weight excluding hydrogens is 212 g/mol. The lowest BCUT2D eigenvalue weighted by Gasteiger charge is -2.11. The molecule has 0 atom stereocenters. The minimum absolute atomic E-state index is 0.0298. The van der Waals surface area contributed by atoms with Gasteiger partial charge in [0.15, 0.2) is 5.78 Å². The molecule has 0 aromatic heterocycles. The molecule has 82 valence electrons. The Morgan fingerprint density at radius 3 is 2.20 bits per heavy atom. The van der Waals surface area contributed by atoms with Crippen molar-refractivity contribution in [3.8, 4) is 11.5 Å². The van der Waals surface area contributed by atoms with Crippen molar-refractivity contribution in [2.24, 2.45) is 0 Å². The van der Waals surface area contributed by atoms with Gasteiger partial charge in [-0.3, -0.25) is 4.79 Å². The number of Topliss-reactive ketones (excluding diaryl/α,β-unsaturated/α-hetero) is 1. The van der Waals surface area contributed by atoms with E-state index >= 15 is 0 Å². The van der Waals surface area contributed by atoms with Gasteiger partial charge < -0.3 is 9.47 Å². The molecule has 0 aliphatic carbocycles. The van der Waals surface area contributed by atoms with Gasteiger partial charge in [-0.2, -0.15) is 0 Å². The standard InChI is InChI=1S/C11H14O3S/c1-7(12)8-5-10(14-3)11(15-4)6-9(8)13-2/h5-6H,1-4H3. The van der Waals surface area contributed by atoms with Gasteiger partial charge in [-0.25, -0.2) is 0 Å². The second-order valence-corrected chi connectivity index (χ2v) is 3.81. The third kappa shape index (κ3) is 2.45. The molecule has 0 N–H and O–H groups in total. The predicted molar refractivity (Wildman–Crippen MR) is 61.3 cm³/mol. The third-order valence-corrected chi connectivity index (χ3v) is 2.84. The molecule has 0 radical (unpaired) electrons. The Labute approximate surface area is 93.8 Å². The summed E-state index contributed by atoms with van der Waals surface area (Å²) < 4.78 is 10.4. The first-order valence-electron chi connectivity index (χ1n) is 4.45. The molecule has 0 heterocycles. The molecule has 0 unspecified atom stereocenters. The number of ether oxygens (including phenoxy) is 2. The molecule has 0 aliphatic heterocycles. The van der Waals surface area contributed by atoms with Gasteiger partial charge in [0.05, 0.1) is 24.7 Å². The minimum Gasteiger partial charge on any atom is -0.496 e. The van der Waals surface area contributed by atoms with Crippen LogP contribution in [-0.2, 0) is 0 Å². The third-order valence-electron chi connectivity index (χ3n) is 2.08. The largest absolute Gasteiger partial charge is 0.496 e. The second kappa shape index (κ2) is 5.07. The molecule has 15 heavy (non-hydrogen) atoms. The number of methoxy groups -OCH3 is 2. The Bertz CT molecular complexity index is 374. The summed E-state index contributed by atoms with van der Waals surface area (Å²) in [5.74, 6) is 1.26. The molecule has 0 aliphatic rings. The van der Waals surface area contributed by atoms with Crippen molar-refractivity contribution in [3.05, 3.63) is 17.7 Å². The molecule has 0 spiro atoms. The summed E-state index contributed by atoms with van der Waals surface area (Å²) in [5.41, 5.74) is 0.548. The molecule has 4 heteroatoms. The van der Waals surface area contributed by atoms with E-state index in [-0.39, 0.29) is 5.78 Å². The second-order valence-electron chi connectivity index (χ2n) is 2.96. The smallest absolute Gasteiger partial charge is 0.163 e. The summed E-state index contributed by atoms with van der Waals surface area (Å²) in [6, 6.07) is 3.53. The molecule has 1 aromatic carbocycles. The Hall–Kier alpha value is -1.16. The van der Waals surface area contributed by atoms with Crippen LogP contribution in [0.1, 0.15) is 17.3 Å². The number of thioether (sulfide) groups is 1. The maximum atomic E-state index is 11.4. The number of benzene rings is 1. The van der Waals surface area contributed by atoms with Crippen LogP contribution in [0, 0.1) is 0 Å². The van der Waals surface area contributed by atoms with Crippen molar-refractivity contribution in [1.29, 1.82) is 0 Å². The molecule has 1 rings (SSSR count). The number of hydrogen-bond donors (Lipinski definition) is 0. The van der Waals surface area contributed by atoms with Gasteiger partial charge in [0.1, 0.15) is 11.5 Å². The summed E-state index contributed by atoms with van der Waals surface area (Å²) in [4.78, 5) is 12.3. The van der Waals surface area contributed by atoms with Crippen LogP contribution in [0.25, 0.3) is 0 Å². The van der Waals surface area contributed by atoms with E-state index in [9.17, 15) is 4.79 Å². The number of rotatable bonds is 4. The topological polar surface area (TPSA) is 35.5 Å². The van der Waals surface area contributed by atoms with Crippen LogP contribution >= 0.6 is 11.8 Å². The average molecular weight is 226 g/mol. The fourth-order valence-corrected chi connectivity index (χ4v) is 1.87. The van der Waals surface area contributed by atoms with Gasteiger partial charge >= 0.3 is 0 Å². The zero-order chi connectivity index (χ0) is 11.4. The van der Waals surface area contributed by atoms with Crippen molar-refractivity contribution in [2.45, 2.75) is 11.8 Å². The van der Waals surface area contributed by atoms with Crippen LogP contribution in [0.3, 0.4) is 0 Å². The van der Waals surface area contributed by atoms with Gasteiger partial charge in [0.25, 0.3) is 0 Å². The first-order valence-corrected chi connectivity index (χ1v) is 5.67. The van der Waals surface area contributed by atoms with Crippen LogP contribution in [0.4, 0.5) is 0 Å². The lowest BCUT2D eigenvalue weighted by Crippen LogP contribution is -1.99. The summed E-state index contributed by atoms with van der Waals surface area (Å²) in [6.07, 6.45) is 1.95. The summed E-state index contributed by atoms with van der Waals surface area (Å²) >= 11 is 1.55. The Morgan fingerprint density at radius 1 is 1.20 bits per heavy atom. The number of hydrogen-bond acceptors (Lipinski definition) is 4. The van der Waals surface area contributed by atoms with E-state index in [2.05, 4.69) is 0 Å². The first-order chi connectivity index (χ1) is 7.13. The van der Waals surface area contributed by atoms with E-state index in [1.54, 1.807) is 32.0 Å². The highest BCUT2D eigenvalue weighted by Crippen LogP contribution is 2.34. The van der Waals surface area contributed by atoms with Crippen LogP contribution in [0.15, 0.2) is 17.0 Å². The number of carbonyl (C=O) groups is 1. The maximum Gasteiger partial charge on any atom is 0.163 e. The molecule has 0 fully saturated rings. The van der Waals surface area contributed by atoms with Crippen molar-refractivity contribution in [2.75, 3.05) is 20.5 Å². The van der Waals surface area contributed by atoms with Gasteiger partial charge in [-0.05, 0) is 25.3 Å². The van der Waals surface area contributed by atoms with Gasteiger partial charge in [0, 0.05) is 0 Å². The van der Waals surface area contributed by atoms with Crippen LogP contribution in [0.2, 0.25) is 0 Å². The summed E-state index contributed by atoms with van der Waals surface area (Å²) in [6.45, 7) is 1.51. The normalized spacial score (nSPS) is 9.87. The van der Waals surface area contributed by atoms with Crippen molar-refractivity contribution >= 4 is 17.5 Å². The predicted octanol–water partition coefficient (Wildman–Crippen LogP) is 2.63. The SMILES string of the molecule is COc1cc(C(C)=O)c(OC)cc1SC. The van der Waals surface area contributed by atoms with Crippen LogP contribution < -0.4 is 9.47 Å². The van der Waals surface area contributed by atoms with Gasteiger partial charge in [0.2, 0.25) is 0 Å². The molecule has 1 aromatic rings. The van der Waals surface area contributed by atoms with Gasteiger partial charge in [-0.15, -0.1) is 11.8 Å². The fraction of sp³-hybridized carbons (Fsp3) is 0.364. The minimum atomic E-state index is -0.0298. The maximum absolute atomic E-state index is 11.4. The quantitative estimate of drug-likeness (QED) is 0.584. The number of carbonyl (C=O) groups excluding carboxylic acids is 1. The molecule has 0 saturated carbocycles. The van der Waals surface area contributed by atoms with E-state index in [0.29, 0.717) is 17.1 Å². The highest BCUT2D eigenvalue weighted by Gasteiger charge is 2.13. The van der Waals surface area contributed by atoms with Crippen molar-refractivity contribution in [3.63, 3.8) is 0 Å². The van der Waals surface area contributed by atoms with Crippen LogP contribution in [0.5, 0.6) is 11.5 Å².